The third-order valence-corrected chi connectivity index (χ3v) is 2.74. The Morgan fingerprint density at radius 1 is 1.41 bits per heavy atom. The van der Waals surface area contributed by atoms with Gasteiger partial charge in [0.1, 0.15) is 5.60 Å². The number of amides is 1. The first-order chi connectivity index (χ1) is 10.2. The molecular weight excluding hydrogens is 286 g/mol. The molecule has 0 bridgehead atoms. The molecule has 0 aliphatic carbocycles. The summed E-state index contributed by atoms with van der Waals surface area (Å²) in [5.74, 6) is -0.980. The molecule has 0 saturated heterocycles. The number of rotatable bonds is 6. The summed E-state index contributed by atoms with van der Waals surface area (Å²) in [6.45, 7) is 5.24. The Kier molecular flexibility index (Phi) is 6.15. The highest BCUT2D eigenvalue weighted by molar-refractivity contribution is 5.71. The lowest BCUT2D eigenvalue weighted by atomic mass is 10.1. The lowest BCUT2D eigenvalue weighted by molar-refractivity contribution is -0.137. The molecule has 1 aromatic rings. The number of aryl methyl sites for hydroxylation is 1. The van der Waals surface area contributed by atoms with Crippen LogP contribution in [0.1, 0.15) is 39.3 Å². The van der Waals surface area contributed by atoms with E-state index in [-0.39, 0.29) is 6.42 Å². The van der Waals surface area contributed by atoms with Crippen molar-refractivity contribution in [3.8, 4) is 0 Å². The van der Waals surface area contributed by atoms with Gasteiger partial charge in [-0.25, -0.2) is 4.79 Å². The Morgan fingerprint density at radius 3 is 2.59 bits per heavy atom. The molecule has 1 unspecified atom stereocenters. The topological polar surface area (TPSA) is 115 Å². The van der Waals surface area contributed by atoms with Crippen molar-refractivity contribution in [2.45, 2.75) is 51.7 Å². The molecule has 4 N–H and O–H groups in total. The van der Waals surface area contributed by atoms with Gasteiger partial charge >= 0.3 is 12.1 Å². The quantitative estimate of drug-likeness (QED) is 0.740. The second kappa shape index (κ2) is 7.63. The van der Waals surface area contributed by atoms with Gasteiger partial charge in [0, 0.05) is 11.7 Å². The van der Waals surface area contributed by atoms with E-state index < -0.39 is 23.7 Å². The minimum atomic E-state index is -0.980. The second-order valence-corrected chi connectivity index (χ2v) is 6.06. The van der Waals surface area contributed by atoms with Crippen LogP contribution in [0.2, 0.25) is 0 Å². The average molecular weight is 309 g/mol. The van der Waals surface area contributed by atoms with Crippen LogP contribution in [0.4, 0.5) is 10.5 Å². The molecule has 7 heteroatoms. The zero-order valence-electron chi connectivity index (χ0n) is 13.1. The van der Waals surface area contributed by atoms with E-state index in [1.54, 1.807) is 39.1 Å². The second-order valence-electron chi connectivity index (χ2n) is 6.06. The van der Waals surface area contributed by atoms with Crippen LogP contribution in [0.15, 0.2) is 18.3 Å². The number of nitrogens with one attached hydrogen (secondary N) is 1. The van der Waals surface area contributed by atoms with E-state index in [2.05, 4.69) is 10.3 Å². The van der Waals surface area contributed by atoms with Crippen molar-refractivity contribution in [3.05, 3.63) is 24.0 Å². The minimum absolute atomic E-state index is 0.172. The summed E-state index contributed by atoms with van der Waals surface area (Å²) < 4.78 is 5.14. The third-order valence-electron chi connectivity index (χ3n) is 2.74. The summed E-state index contributed by atoms with van der Waals surface area (Å²) in [6.07, 6.45) is 1.73. The fourth-order valence-electron chi connectivity index (χ4n) is 1.82. The number of carbonyl (C=O) groups excluding carboxylic acids is 1. The fraction of sp³-hybridized carbons (Fsp3) is 0.533. The molecule has 1 amide bonds. The Hall–Kier alpha value is -2.31. The highest BCUT2D eigenvalue weighted by Crippen LogP contribution is 2.10. The number of hydrogen-bond donors (Lipinski definition) is 3. The number of ether oxygens (including phenoxy) is 1. The average Bonchev–Trinajstić information content (AvgIpc) is 2.34. The molecule has 0 aromatic carbocycles. The van der Waals surface area contributed by atoms with Gasteiger partial charge in [0.25, 0.3) is 0 Å². The minimum Gasteiger partial charge on any atom is -0.481 e. The molecule has 0 aliphatic heterocycles. The van der Waals surface area contributed by atoms with Crippen molar-refractivity contribution in [2.24, 2.45) is 0 Å². The summed E-state index contributed by atoms with van der Waals surface area (Å²) in [4.78, 5) is 26.8. The molecule has 22 heavy (non-hydrogen) atoms. The number of nitrogen functional groups attached to an aromatic ring is 1. The molecule has 122 valence electrons. The zero-order valence-corrected chi connectivity index (χ0v) is 13.1. The maximum absolute atomic E-state index is 11.7. The van der Waals surface area contributed by atoms with Crippen LogP contribution in [-0.4, -0.2) is 33.8 Å². The Balaban J connectivity index is 2.58. The maximum atomic E-state index is 11.7. The Morgan fingerprint density at radius 2 is 2.09 bits per heavy atom. The SMILES string of the molecule is CC(C)(C)OC(=O)NC(CCc1ccc(N)cn1)CC(=O)O. The van der Waals surface area contributed by atoms with E-state index in [9.17, 15) is 9.59 Å². The number of nitrogens with two attached hydrogens (primary N) is 1. The number of carboxylic acids is 1. The van der Waals surface area contributed by atoms with Gasteiger partial charge < -0.3 is 20.9 Å². The van der Waals surface area contributed by atoms with Gasteiger partial charge in [-0.3, -0.25) is 9.78 Å². The number of aliphatic carboxylic acids is 1. The Labute approximate surface area is 129 Å². The predicted molar refractivity (Wildman–Crippen MR) is 82.4 cm³/mol. The Bertz CT molecular complexity index is 509. The van der Waals surface area contributed by atoms with E-state index in [1.165, 1.54) is 0 Å². The van der Waals surface area contributed by atoms with Crippen molar-refractivity contribution in [2.75, 3.05) is 5.73 Å². The summed E-state index contributed by atoms with van der Waals surface area (Å²) in [5.41, 5.74) is 6.29. The summed E-state index contributed by atoms with van der Waals surface area (Å²) in [6, 6.07) is 2.99. The van der Waals surface area contributed by atoms with Crippen LogP contribution >= 0.6 is 0 Å². The number of alkyl carbamates (subject to hydrolysis) is 1. The van der Waals surface area contributed by atoms with Crippen LogP contribution < -0.4 is 11.1 Å². The van der Waals surface area contributed by atoms with E-state index in [0.29, 0.717) is 18.5 Å². The molecule has 1 heterocycles. The van der Waals surface area contributed by atoms with Gasteiger partial charge in [0.2, 0.25) is 0 Å². The van der Waals surface area contributed by atoms with Crippen LogP contribution in [0, 0.1) is 0 Å². The van der Waals surface area contributed by atoms with Crippen molar-refractivity contribution >= 4 is 17.7 Å². The maximum Gasteiger partial charge on any atom is 0.407 e. The third kappa shape index (κ3) is 7.47. The standard InChI is InChI=1S/C15H23N3O4/c1-15(2,3)22-14(21)18-12(8-13(19)20)7-6-11-5-4-10(16)9-17-11/h4-5,9,12H,6-8,16H2,1-3H3,(H,18,21)(H,19,20). The van der Waals surface area contributed by atoms with Gasteiger partial charge in [-0.15, -0.1) is 0 Å². The molecule has 0 spiro atoms. The van der Waals surface area contributed by atoms with Gasteiger partial charge in [-0.2, -0.15) is 0 Å². The van der Waals surface area contributed by atoms with Crippen LogP contribution in [-0.2, 0) is 16.0 Å². The number of nitrogens with zero attached hydrogens (tertiary/aromatic N) is 1. The number of aromatic nitrogens is 1. The predicted octanol–water partition coefficient (Wildman–Crippen LogP) is 1.96. The lowest BCUT2D eigenvalue weighted by Crippen LogP contribution is -2.40. The van der Waals surface area contributed by atoms with Crippen molar-refractivity contribution in [1.29, 1.82) is 0 Å². The molecule has 1 rings (SSSR count). The largest absolute Gasteiger partial charge is 0.481 e. The summed E-state index contributed by atoms with van der Waals surface area (Å²) in [5, 5.41) is 11.5. The van der Waals surface area contributed by atoms with E-state index >= 15 is 0 Å². The molecule has 7 nitrogen and oxygen atoms in total. The van der Waals surface area contributed by atoms with Crippen molar-refractivity contribution in [1.82, 2.24) is 10.3 Å². The van der Waals surface area contributed by atoms with E-state index in [4.69, 9.17) is 15.6 Å². The lowest BCUT2D eigenvalue weighted by Gasteiger charge is -2.23. The first kappa shape index (κ1) is 17.7. The normalized spacial score (nSPS) is 12.5. The van der Waals surface area contributed by atoms with Gasteiger partial charge in [-0.05, 0) is 45.7 Å². The van der Waals surface area contributed by atoms with Crippen LogP contribution in [0.3, 0.4) is 0 Å². The molecule has 1 aromatic heterocycles. The number of carboxylic acid groups (broad SMARTS) is 1. The molecule has 0 saturated carbocycles. The molecule has 0 fully saturated rings. The first-order valence-corrected chi connectivity index (χ1v) is 7.07. The van der Waals surface area contributed by atoms with Crippen LogP contribution in [0.25, 0.3) is 0 Å². The molecule has 1 atom stereocenters. The van der Waals surface area contributed by atoms with E-state index in [0.717, 1.165) is 5.69 Å². The fourth-order valence-corrected chi connectivity index (χ4v) is 1.82. The molecule has 0 radical (unpaired) electrons. The van der Waals surface area contributed by atoms with Gasteiger partial charge in [-0.1, -0.05) is 0 Å². The first-order valence-electron chi connectivity index (χ1n) is 7.07. The van der Waals surface area contributed by atoms with Gasteiger partial charge in [0.15, 0.2) is 0 Å². The zero-order chi connectivity index (χ0) is 16.8. The van der Waals surface area contributed by atoms with Crippen molar-refractivity contribution in [3.63, 3.8) is 0 Å². The van der Waals surface area contributed by atoms with E-state index in [1.807, 2.05) is 0 Å². The summed E-state index contributed by atoms with van der Waals surface area (Å²) in [7, 11) is 0. The molecular formula is C15H23N3O4. The van der Waals surface area contributed by atoms with Crippen molar-refractivity contribution < 1.29 is 19.4 Å². The number of carbonyl (C=O) groups is 2. The number of hydrogen-bond acceptors (Lipinski definition) is 5. The monoisotopic (exact) mass is 309 g/mol. The highest BCUT2D eigenvalue weighted by Gasteiger charge is 2.21. The highest BCUT2D eigenvalue weighted by atomic mass is 16.6. The number of anilines is 1. The van der Waals surface area contributed by atoms with Crippen LogP contribution in [0.5, 0.6) is 0 Å². The molecule has 0 aliphatic rings. The smallest absolute Gasteiger partial charge is 0.407 e. The van der Waals surface area contributed by atoms with Gasteiger partial charge in [0.05, 0.1) is 18.3 Å². The number of pyridine rings is 1. The summed E-state index contributed by atoms with van der Waals surface area (Å²) >= 11 is 0.